The fourth-order valence-electron chi connectivity index (χ4n) is 2.39. The molecule has 0 saturated heterocycles. The molecule has 0 unspecified atom stereocenters. The molecule has 0 aliphatic rings. The van der Waals surface area contributed by atoms with E-state index in [1.54, 1.807) is 4.68 Å². The summed E-state index contributed by atoms with van der Waals surface area (Å²) in [5, 5.41) is 20.4. The monoisotopic (exact) mass is 282 g/mol. The smallest absolute Gasteiger partial charge is 0.174 e. The maximum Gasteiger partial charge on any atom is 0.174 e. The van der Waals surface area contributed by atoms with Crippen LogP contribution in [0.5, 0.6) is 0 Å². The first kappa shape index (κ1) is 13.0. The fraction of sp³-hybridized carbons (Fsp3) is 0.143. The van der Waals surface area contributed by atoms with E-state index in [0.29, 0.717) is 16.9 Å². The average Bonchev–Trinajstić information content (AvgIpc) is 2.89. The van der Waals surface area contributed by atoms with Crippen molar-refractivity contribution in [3.63, 3.8) is 0 Å². The van der Waals surface area contributed by atoms with Crippen LogP contribution >= 0.6 is 0 Å². The van der Waals surface area contributed by atoms with Crippen LogP contribution < -0.4 is 5.73 Å². The fourth-order valence-corrected chi connectivity index (χ4v) is 2.39. The number of amidine groups is 1. The number of nitrogens with zero attached hydrogens (tertiary/aromatic N) is 5. The van der Waals surface area contributed by atoms with Crippen molar-refractivity contribution < 1.29 is 5.21 Å². The van der Waals surface area contributed by atoms with Gasteiger partial charge in [0.05, 0.1) is 22.5 Å². The molecule has 3 aromatic rings. The minimum absolute atomic E-state index is 0.00502. The van der Waals surface area contributed by atoms with Crippen LogP contribution in [0.1, 0.15) is 17.0 Å². The van der Waals surface area contributed by atoms with Crippen LogP contribution in [-0.2, 0) is 0 Å². The van der Waals surface area contributed by atoms with Gasteiger partial charge in [0, 0.05) is 5.69 Å². The zero-order chi connectivity index (χ0) is 15.0. The van der Waals surface area contributed by atoms with Crippen molar-refractivity contribution in [1.82, 2.24) is 20.0 Å². The van der Waals surface area contributed by atoms with E-state index in [1.807, 2.05) is 44.2 Å². The van der Waals surface area contributed by atoms with Crippen molar-refractivity contribution in [3.05, 3.63) is 47.3 Å². The highest BCUT2D eigenvalue weighted by atomic mass is 16.4. The molecule has 0 radical (unpaired) electrons. The highest BCUT2D eigenvalue weighted by Crippen LogP contribution is 2.22. The summed E-state index contributed by atoms with van der Waals surface area (Å²) in [6.07, 6.45) is 0. The van der Waals surface area contributed by atoms with E-state index in [1.165, 1.54) is 0 Å². The van der Waals surface area contributed by atoms with Gasteiger partial charge in [-0.15, -0.1) is 5.10 Å². The number of pyridine rings is 1. The number of benzene rings is 1. The lowest BCUT2D eigenvalue weighted by Crippen LogP contribution is -2.19. The first-order valence-electron chi connectivity index (χ1n) is 6.39. The van der Waals surface area contributed by atoms with Crippen LogP contribution in [0.3, 0.4) is 0 Å². The van der Waals surface area contributed by atoms with Crippen molar-refractivity contribution in [2.45, 2.75) is 13.8 Å². The summed E-state index contributed by atoms with van der Waals surface area (Å²) >= 11 is 0. The molecule has 0 spiro atoms. The summed E-state index contributed by atoms with van der Waals surface area (Å²) in [4.78, 5) is 4.36. The Morgan fingerprint density at radius 2 is 2.05 bits per heavy atom. The van der Waals surface area contributed by atoms with E-state index in [4.69, 9.17) is 10.9 Å². The second-order valence-electron chi connectivity index (χ2n) is 4.72. The number of rotatable bonds is 2. The first-order chi connectivity index (χ1) is 10.1. The third kappa shape index (κ3) is 2.08. The Labute approximate surface area is 120 Å². The number of aromatic nitrogens is 4. The molecular weight excluding hydrogens is 268 g/mol. The van der Waals surface area contributed by atoms with Gasteiger partial charge in [-0.1, -0.05) is 22.5 Å². The SMILES string of the molecule is Cc1cc(-n2nnc3ccccc32)c(/C(N)=N/O)c(C)n1. The Hall–Kier alpha value is -2.96. The van der Waals surface area contributed by atoms with Crippen LogP contribution in [0.25, 0.3) is 16.7 Å². The maximum absolute atomic E-state index is 9.01. The minimum Gasteiger partial charge on any atom is -0.409 e. The highest BCUT2D eigenvalue weighted by Gasteiger charge is 2.17. The van der Waals surface area contributed by atoms with Crippen LogP contribution in [0, 0.1) is 13.8 Å². The Kier molecular flexibility index (Phi) is 3.02. The average molecular weight is 282 g/mol. The summed E-state index contributed by atoms with van der Waals surface area (Å²) in [6, 6.07) is 9.43. The van der Waals surface area contributed by atoms with Gasteiger partial charge in [-0.2, -0.15) is 0 Å². The lowest BCUT2D eigenvalue weighted by Gasteiger charge is -2.12. The van der Waals surface area contributed by atoms with Gasteiger partial charge < -0.3 is 10.9 Å². The molecule has 0 fully saturated rings. The van der Waals surface area contributed by atoms with Gasteiger partial charge in [-0.25, -0.2) is 4.68 Å². The summed E-state index contributed by atoms with van der Waals surface area (Å²) < 4.78 is 1.67. The minimum atomic E-state index is -0.00502. The number of oxime groups is 1. The molecule has 0 bridgehead atoms. The Morgan fingerprint density at radius 1 is 1.29 bits per heavy atom. The van der Waals surface area contributed by atoms with E-state index in [-0.39, 0.29) is 5.84 Å². The standard InChI is InChI=1S/C14H14N6O/c1-8-7-12(13(9(2)16-8)14(15)18-21)20-11-6-4-3-5-10(11)17-19-20/h3-7,21H,1-2H3,(H2,15,18). The summed E-state index contributed by atoms with van der Waals surface area (Å²) in [6.45, 7) is 3.69. The van der Waals surface area contributed by atoms with Gasteiger partial charge in [0.15, 0.2) is 5.84 Å². The zero-order valence-corrected chi connectivity index (χ0v) is 11.6. The molecule has 3 rings (SSSR count). The molecule has 0 aliphatic heterocycles. The normalized spacial score (nSPS) is 12.0. The van der Waals surface area contributed by atoms with Crippen LogP contribution in [-0.4, -0.2) is 31.0 Å². The molecule has 106 valence electrons. The van der Waals surface area contributed by atoms with Crippen molar-refractivity contribution in [3.8, 4) is 5.69 Å². The molecule has 1 aromatic carbocycles. The van der Waals surface area contributed by atoms with E-state index < -0.39 is 0 Å². The van der Waals surface area contributed by atoms with Gasteiger partial charge >= 0.3 is 0 Å². The predicted molar refractivity (Wildman–Crippen MR) is 78.6 cm³/mol. The predicted octanol–water partition coefficient (Wildman–Crippen LogP) is 1.53. The first-order valence-corrected chi connectivity index (χ1v) is 6.39. The Morgan fingerprint density at radius 3 is 2.81 bits per heavy atom. The van der Waals surface area contributed by atoms with Crippen molar-refractivity contribution in [1.29, 1.82) is 0 Å². The third-order valence-corrected chi connectivity index (χ3v) is 3.25. The second-order valence-corrected chi connectivity index (χ2v) is 4.72. The topological polar surface area (TPSA) is 102 Å². The van der Waals surface area contributed by atoms with Crippen LogP contribution in [0.2, 0.25) is 0 Å². The largest absolute Gasteiger partial charge is 0.409 e. The molecule has 7 nitrogen and oxygen atoms in total. The highest BCUT2D eigenvalue weighted by molar-refractivity contribution is 6.01. The van der Waals surface area contributed by atoms with Gasteiger partial charge in [0.25, 0.3) is 0 Å². The summed E-state index contributed by atoms with van der Waals surface area (Å²) in [5.74, 6) is -0.00502. The molecule has 0 amide bonds. The van der Waals surface area contributed by atoms with E-state index in [2.05, 4.69) is 20.5 Å². The number of hydrogen-bond acceptors (Lipinski definition) is 5. The lowest BCUT2D eigenvalue weighted by molar-refractivity contribution is 0.318. The molecule has 0 aliphatic carbocycles. The molecule has 2 heterocycles. The quantitative estimate of drug-likeness (QED) is 0.321. The molecule has 0 atom stereocenters. The zero-order valence-electron chi connectivity index (χ0n) is 11.6. The van der Waals surface area contributed by atoms with Crippen LogP contribution in [0.15, 0.2) is 35.5 Å². The number of hydrogen-bond donors (Lipinski definition) is 2. The number of fused-ring (bicyclic) bond motifs is 1. The van der Waals surface area contributed by atoms with Crippen molar-refractivity contribution >= 4 is 16.9 Å². The Bertz CT molecular complexity index is 852. The molecule has 0 saturated carbocycles. The van der Waals surface area contributed by atoms with Gasteiger partial charge in [0.1, 0.15) is 5.52 Å². The number of nitrogens with two attached hydrogens (primary N) is 1. The summed E-state index contributed by atoms with van der Waals surface area (Å²) in [7, 11) is 0. The van der Waals surface area contributed by atoms with Crippen molar-refractivity contribution in [2.75, 3.05) is 0 Å². The number of aryl methyl sites for hydroxylation is 2. The molecule has 7 heteroatoms. The van der Waals surface area contributed by atoms with E-state index >= 15 is 0 Å². The van der Waals surface area contributed by atoms with E-state index in [0.717, 1.165) is 16.7 Å². The summed E-state index contributed by atoms with van der Waals surface area (Å²) in [5.41, 5.74) is 10.1. The van der Waals surface area contributed by atoms with Crippen molar-refractivity contribution in [2.24, 2.45) is 10.9 Å². The molecule has 2 aromatic heterocycles. The number of para-hydroxylation sites is 1. The third-order valence-electron chi connectivity index (χ3n) is 3.25. The second kappa shape index (κ2) is 4.86. The lowest BCUT2D eigenvalue weighted by atomic mass is 10.1. The molecule has 21 heavy (non-hydrogen) atoms. The molecular formula is C14H14N6O. The van der Waals surface area contributed by atoms with E-state index in [9.17, 15) is 0 Å². The molecule has 3 N–H and O–H groups in total. The van der Waals surface area contributed by atoms with Gasteiger partial charge in [0.2, 0.25) is 0 Å². The van der Waals surface area contributed by atoms with Crippen LogP contribution in [0.4, 0.5) is 0 Å². The van der Waals surface area contributed by atoms with Gasteiger partial charge in [-0.3, -0.25) is 4.98 Å². The van der Waals surface area contributed by atoms with Gasteiger partial charge in [-0.05, 0) is 32.0 Å². The maximum atomic E-state index is 9.01. The Balaban J connectivity index is 2.36.